The predicted molar refractivity (Wildman–Crippen MR) is 166 cm³/mol. The number of nitrogens with zero attached hydrogens (tertiary/aromatic N) is 2. The van der Waals surface area contributed by atoms with E-state index in [0.717, 1.165) is 38.3 Å². The number of ether oxygens (including phenoxy) is 1. The van der Waals surface area contributed by atoms with Crippen molar-refractivity contribution in [2.24, 2.45) is 0 Å². The molecular weight excluding hydrogens is 606 g/mol. The SMILES string of the molecule is CCCCNC(=O)[C@@H](C)N(Cc1cccc(Br)c1)C(=O)CN(c1cc(C)ccc1OC)S(=O)(=O)c1ccc(C)cc1. The van der Waals surface area contributed by atoms with Gasteiger partial charge in [0.2, 0.25) is 11.8 Å². The van der Waals surface area contributed by atoms with Crippen LogP contribution in [0.3, 0.4) is 0 Å². The number of anilines is 1. The number of rotatable bonds is 13. The molecule has 0 aliphatic rings. The summed E-state index contributed by atoms with van der Waals surface area (Å²) in [5.41, 5.74) is 2.74. The lowest BCUT2D eigenvalue weighted by Gasteiger charge is -2.32. The van der Waals surface area contributed by atoms with E-state index in [-0.39, 0.29) is 23.0 Å². The summed E-state index contributed by atoms with van der Waals surface area (Å²) in [6.45, 7) is 7.47. The van der Waals surface area contributed by atoms with Crippen molar-refractivity contribution in [2.75, 3.05) is 24.5 Å². The highest BCUT2D eigenvalue weighted by atomic mass is 79.9. The summed E-state index contributed by atoms with van der Waals surface area (Å²) in [6.07, 6.45) is 1.73. The summed E-state index contributed by atoms with van der Waals surface area (Å²) in [7, 11) is -2.74. The van der Waals surface area contributed by atoms with Gasteiger partial charge in [0.05, 0.1) is 17.7 Å². The van der Waals surface area contributed by atoms with Gasteiger partial charge in [-0.15, -0.1) is 0 Å². The molecule has 0 saturated heterocycles. The van der Waals surface area contributed by atoms with Crippen molar-refractivity contribution in [3.05, 3.63) is 87.9 Å². The largest absolute Gasteiger partial charge is 0.495 e. The second-order valence-electron chi connectivity index (χ2n) is 9.97. The average molecular weight is 645 g/mol. The number of benzene rings is 3. The molecule has 0 heterocycles. The van der Waals surface area contributed by atoms with E-state index in [9.17, 15) is 18.0 Å². The van der Waals surface area contributed by atoms with Crippen LogP contribution in [0, 0.1) is 13.8 Å². The molecule has 1 atom stereocenters. The first-order valence-electron chi connectivity index (χ1n) is 13.5. The molecule has 3 aromatic carbocycles. The normalized spacial score (nSPS) is 12.0. The molecule has 0 fully saturated rings. The summed E-state index contributed by atoms with van der Waals surface area (Å²) in [5, 5.41) is 2.89. The Morgan fingerprint density at radius 3 is 2.32 bits per heavy atom. The number of aryl methyl sites for hydroxylation is 2. The van der Waals surface area contributed by atoms with Gasteiger partial charge in [-0.1, -0.05) is 65.2 Å². The third-order valence-corrected chi connectivity index (χ3v) is 9.00. The molecule has 2 amide bonds. The van der Waals surface area contributed by atoms with Gasteiger partial charge in [-0.2, -0.15) is 0 Å². The Balaban J connectivity index is 2.07. The van der Waals surface area contributed by atoms with Crippen molar-refractivity contribution in [3.8, 4) is 5.75 Å². The molecule has 3 aromatic rings. The van der Waals surface area contributed by atoms with Crippen molar-refractivity contribution in [2.45, 2.75) is 58.0 Å². The first-order chi connectivity index (χ1) is 19.5. The Hall–Kier alpha value is -3.37. The van der Waals surface area contributed by atoms with Crippen molar-refractivity contribution in [1.82, 2.24) is 10.2 Å². The van der Waals surface area contributed by atoms with Crippen molar-refractivity contribution >= 4 is 43.5 Å². The lowest BCUT2D eigenvalue weighted by molar-refractivity contribution is -0.139. The van der Waals surface area contributed by atoms with Crippen LogP contribution in [0.2, 0.25) is 0 Å². The maximum atomic E-state index is 14.1. The van der Waals surface area contributed by atoms with Crippen LogP contribution in [0.1, 0.15) is 43.4 Å². The van der Waals surface area contributed by atoms with Gasteiger partial charge in [-0.3, -0.25) is 13.9 Å². The molecule has 1 N–H and O–H groups in total. The Kier molecular flexibility index (Phi) is 11.4. The van der Waals surface area contributed by atoms with Gasteiger partial charge >= 0.3 is 0 Å². The predicted octanol–water partition coefficient (Wildman–Crippen LogP) is 5.60. The summed E-state index contributed by atoms with van der Waals surface area (Å²) >= 11 is 3.46. The molecule has 0 radical (unpaired) electrons. The molecule has 0 aliphatic heterocycles. The minimum Gasteiger partial charge on any atom is -0.495 e. The number of sulfonamides is 1. The van der Waals surface area contributed by atoms with Crippen LogP contribution in [-0.2, 0) is 26.2 Å². The third kappa shape index (κ3) is 8.33. The number of nitrogens with one attached hydrogen (secondary N) is 1. The monoisotopic (exact) mass is 643 g/mol. The quantitative estimate of drug-likeness (QED) is 0.245. The molecule has 0 aliphatic carbocycles. The third-order valence-electron chi connectivity index (χ3n) is 6.73. The lowest BCUT2D eigenvalue weighted by Crippen LogP contribution is -2.51. The minimum atomic E-state index is -4.19. The second kappa shape index (κ2) is 14.5. The zero-order chi connectivity index (χ0) is 30.2. The molecule has 0 bridgehead atoms. The first kappa shape index (κ1) is 32.1. The van der Waals surface area contributed by atoms with Gasteiger partial charge in [-0.25, -0.2) is 8.42 Å². The maximum Gasteiger partial charge on any atom is 0.264 e. The molecule has 220 valence electrons. The van der Waals surface area contributed by atoms with E-state index >= 15 is 0 Å². The van der Waals surface area contributed by atoms with Crippen molar-refractivity contribution in [3.63, 3.8) is 0 Å². The molecule has 3 rings (SSSR count). The number of hydrogen-bond donors (Lipinski definition) is 1. The van der Waals surface area contributed by atoms with Gasteiger partial charge < -0.3 is 15.0 Å². The number of methoxy groups -OCH3 is 1. The van der Waals surface area contributed by atoms with Crippen LogP contribution < -0.4 is 14.4 Å². The van der Waals surface area contributed by atoms with E-state index in [2.05, 4.69) is 21.2 Å². The Morgan fingerprint density at radius 2 is 1.68 bits per heavy atom. The highest BCUT2D eigenvalue weighted by Gasteiger charge is 2.34. The topological polar surface area (TPSA) is 96.0 Å². The summed E-state index contributed by atoms with van der Waals surface area (Å²) in [5.74, 6) is -0.520. The van der Waals surface area contributed by atoms with Crippen LogP contribution >= 0.6 is 15.9 Å². The summed E-state index contributed by atoms with van der Waals surface area (Å²) in [6, 6.07) is 18.2. The molecule has 0 saturated carbocycles. The fourth-order valence-electron chi connectivity index (χ4n) is 4.30. The number of halogens is 1. The second-order valence-corrected chi connectivity index (χ2v) is 12.8. The standard InChI is InChI=1S/C31H38BrN3O5S/c1-6-7-17-33-31(37)24(4)34(20-25-9-8-10-26(32)19-25)30(36)21-35(28-18-23(3)13-16-29(28)40-5)41(38,39)27-14-11-22(2)12-15-27/h8-16,18-19,24H,6-7,17,20-21H2,1-5H3,(H,33,37)/t24-/m1/s1. The molecule has 41 heavy (non-hydrogen) atoms. The van der Waals surface area contributed by atoms with Crippen molar-refractivity contribution in [1.29, 1.82) is 0 Å². The molecule has 0 unspecified atom stereocenters. The summed E-state index contributed by atoms with van der Waals surface area (Å²) in [4.78, 5) is 28.7. The van der Waals surface area contributed by atoms with Crippen LogP contribution in [0.25, 0.3) is 0 Å². The molecule has 10 heteroatoms. The van der Waals surface area contributed by atoms with E-state index in [0.29, 0.717) is 12.3 Å². The van der Waals surface area contributed by atoms with Crippen LogP contribution in [-0.4, -0.2) is 51.4 Å². The van der Waals surface area contributed by atoms with E-state index in [1.54, 1.807) is 31.2 Å². The Bertz CT molecular complexity index is 1460. The van der Waals surface area contributed by atoms with Gasteiger partial charge in [0.25, 0.3) is 10.0 Å². The molecule has 0 spiro atoms. The fraction of sp³-hybridized carbons (Fsp3) is 0.355. The average Bonchev–Trinajstić information content (AvgIpc) is 2.94. The van der Waals surface area contributed by atoms with Crippen LogP contribution in [0.5, 0.6) is 5.75 Å². The van der Waals surface area contributed by atoms with Crippen LogP contribution in [0.4, 0.5) is 5.69 Å². The zero-order valence-electron chi connectivity index (χ0n) is 24.2. The Labute approximate surface area is 251 Å². The van der Waals surface area contributed by atoms with Gasteiger partial charge in [0.15, 0.2) is 0 Å². The number of hydrogen-bond acceptors (Lipinski definition) is 5. The number of carbonyl (C=O) groups is 2. The van der Waals surface area contributed by atoms with E-state index in [4.69, 9.17) is 4.74 Å². The maximum absolute atomic E-state index is 14.1. The smallest absolute Gasteiger partial charge is 0.264 e. The first-order valence-corrected chi connectivity index (χ1v) is 15.8. The highest BCUT2D eigenvalue weighted by Crippen LogP contribution is 2.34. The number of unbranched alkanes of at least 4 members (excludes halogenated alkanes) is 1. The molecule has 8 nitrogen and oxygen atoms in total. The highest BCUT2D eigenvalue weighted by molar-refractivity contribution is 9.10. The van der Waals surface area contributed by atoms with Gasteiger partial charge in [0.1, 0.15) is 18.3 Å². The Morgan fingerprint density at radius 1 is 1.00 bits per heavy atom. The number of amides is 2. The van der Waals surface area contributed by atoms with E-state index in [1.807, 2.05) is 51.1 Å². The van der Waals surface area contributed by atoms with Gasteiger partial charge in [-0.05, 0) is 74.7 Å². The number of carbonyl (C=O) groups excluding carboxylic acids is 2. The van der Waals surface area contributed by atoms with E-state index in [1.165, 1.54) is 24.1 Å². The van der Waals surface area contributed by atoms with E-state index < -0.39 is 28.5 Å². The molecular formula is C31H38BrN3O5S. The van der Waals surface area contributed by atoms with Gasteiger partial charge in [0, 0.05) is 17.6 Å². The lowest BCUT2D eigenvalue weighted by atomic mass is 10.1. The minimum absolute atomic E-state index is 0.0448. The summed E-state index contributed by atoms with van der Waals surface area (Å²) < 4.78 is 35.6. The van der Waals surface area contributed by atoms with Crippen molar-refractivity contribution < 1.29 is 22.7 Å². The molecule has 0 aromatic heterocycles. The zero-order valence-corrected chi connectivity index (χ0v) is 26.6. The fourth-order valence-corrected chi connectivity index (χ4v) is 6.16. The van der Waals surface area contributed by atoms with Crippen LogP contribution in [0.15, 0.2) is 76.1 Å².